The average Bonchev–Trinajstić information content (AvgIpc) is 3.16. The second-order valence-electron chi connectivity index (χ2n) is 4.47. The smallest absolute Gasteiger partial charge is 0.238 e. The number of nitrogens with one attached hydrogen (secondary N) is 2. The molecule has 0 fully saturated rings. The Bertz CT molecular complexity index is 797. The number of nitrogens with zero attached hydrogens (tertiary/aromatic N) is 6. The van der Waals surface area contributed by atoms with Crippen LogP contribution in [0.1, 0.15) is 13.8 Å². The molecule has 1 unspecified atom stereocenters. The number of aryl methyl sites for hydroxylation is 1. The molecular formula is C12H14N8OS. The van der Waals surface area contributed by atoms with Crippen LogP contribution in [0.4, 0.5) is 5.82 Å². The molecule has 1 atom stereocenters. The van der Waals surface area contributed by atoms with Crippen molar-refractivity contribution in [3.8, 4) is 0 Å². The van der Waals surface area contributed by atoms with E-state index < -0.39 is 0 Å². The first-order valence-corrected chi connectivity index (χ1v) is 7.56. The predicted octanol–water partition coefficient (Wildman–Crippen LogP) is 1.08. The third kappa shape index (κ3) is 2.77. The minimum Gasteiger partial charge on any atom is -0.340 e. The normalized spacial score (nSPS) is 12.5. The molecule has 0 bridgehead atoms. The van der Waals surface area contributed by atoms with Gasteiger partial charge in [-0.05, 0) is 13.8 Å². The van der Waals surface area contributed by atoms with Gasteiger partial charge in [-0.2, -0.15) is 0 Å². The number of carbonyl (C=O) groups excluding carboxylic acids is 1. The second-order valence-corrected chi connectivity index (χ2v) is 5.78. The maximum absolute atomic E-state index is 12.3. The summed E-state index contributed by atoms with van der Waals surface area (Å²) in [7, 11) is 0. The lowest BCUT2D eigenvalue weighted by molar-refractivity contribution is -0.115. The first-order chi connectivity index (χ1) is 10.7. The number of hydrogen-bond acceptors (Lipinski definition) is 7. The summed E-state index contributed by atoms with van der Waals surface area (Å²) in [5.41, 5.74) is 1.11. The maximum atomic E-state index is 12.3. The van der Waals surface area contributed by atoms with E-state index in [9.17, 15) is 4.79 Å². The zero-order chi connectivity index (χ0) is 15.5. The van der Waals surface area contributed by atoms with Crippen molar-refractivity contribution in [3.63, 3.8) is 0 Å². The number of aromatic amines is 1. The highest BCUT2D eigenvalue weighted by Gasteiger charge is 2.19. The lowest BCUT2D eigenvalue weighted by Crippen LogP contribution is -2.23. The van der Waals surface area contributed by atoms with Crippen LogP contribution in [-0.2, 0) is 11.3 Å². The molecule has 22 heavy (non-hydrogen) atoms. The van der Waals surface area contributed by atoms with Gasteiger partial charge in [-0.1, -0.05) is 11.8 Å². The van der Waals surface area contributed by atoms with Crippen LogP contribution in [0.2, 0.25) is 0 Å². The number of carbonyl (C=O) groups is 1. The van der Waals surface area contributed by atoms with Crippen molar-refractivity contribution in [2.24, 2.45) is 0 Å². The van der Waals surface area contributed by atoms with Gasteiger partial charge >= 0.3 is 0 Å². The third-order valence-electron chi connectivity index (χ3n) is 3.04. The molecule has 0 spiro atoms. The molecule has 9 nitrogen and oxygen atoms in total. The summed E-state index contributed by atoms with van der Waals surface area (Å²) >= 11 is 1.34. The van der Waals surface area contributed by atoms with Crippen LogP contribution in [-0.4, -0.2) is 45.9 Å². The van der Waals surface area contributed by atoms with Crippen molar-refractivity contribution >= 4 is 34.7 Å². The van der Waals surface area contributed by atoms with Crippen molar-refractivity contribution < 1.29 is 4.79 Å². The standard InChI is InChI=1S/C12H14N8OS/c1-3-20-6-17-19-12(20)22-7(2)11(21)18-10-8-9(14-4-13-8)15-5-16-10/h4-7H,3H2,1-2H3,(H2,13,14,15,16,18,21). The van der Waals surface area contributed by atoms with E-state index in [0.717, 1.165) is 6.54 Å². The maximum Gasteiger partial charge on any atom is 0.238 e. The van der Waals surface area contributed by atoms with Crippen molar-refractivity contribution in [3.05, 3.63) is 19.0 Å². The zero-order valence-corrected chi connectivity index (χ0v) is 12.8. The van der Waals surface area contributed by atoms with Gasteiger partial charge in [-0.15, -0.1) is 10.2 Å². The monoisotopic (exact) mass is 318 g/mol. The van der Waals surface area contributed by atoms with Crippen molar-refractivity contribution in [1.29, 1.82) is 0 Å². The van der Waals surface area contributed by atoms with Crippen LogP contribution in [0.25, 0.3) is 11.2 Å². The number of H-pyrrole nitrogens is 1. The summed E-state index contributed by atoms with van der Waals surface area (Å²) in [5, 5.41) is 11.0. The molecule has 0 aromatic carbocycles. The number of anilines is 1. The third-order valence-corrected chi connectivity index (χ3v) is 4.13. The van der Waals surface area contributed by atoms with Gasteiger partial charge in [0.15, 0.2) is 16.6 Å². The highest BCUT2D eigenvalue weighted by molar-refractivity contribution is 8.00. The van der Waals surface area contributed by atoms with E-state index in [2.05, 4.69) is 35.5 Å². The van der Waals surface area contributed by atoms with Crippen LogP contribution in [0.15, 0.2) is 24.1 Å². The van der Waals surface area contributed by atoms with Gasteiger partial charge in [-0.25, -0.2) is 15.0 Å². The molecule has 0 radical (unpaired) electrons. The van der Waals surface area contributed by atoms with E-state index in [1.54, 1.807) is 13.3 Å². The number of imidazole rings is 1. The lowest BCUT2D eigenvalue weighted by Gasteiger charge is -2.11. The van der Waals surface area contributed by atoms with E-state index >= 15 is 0 Å². The number of aromatic nitrogens is 7. The molecule has 10 heteroatoms. The molecule has 0 saturated heterocycles. The first kappa shape index (κ1) is 14.4. The average molecular weight is 318 g/mol. The minimum atomic E-state index is -0.345. The number of rotatable bonds is 5. The summed E-state index contributed by atoms with van der Waals surface area (Å²) in [6.07, 6.45) is 4.52. The molecule has 3 aromatic heterocycles. The summed E-state index contributed by atoms with van der Waals surface area (Å²) in [5.74, 6) is 0.238. The van der Waals surface area contributed by atoms with E-state index in [1.165, 1.54) is 24.4 Å². The summed E-state index contributed by atoms with van der Waals surface area (Å²) in [4.78, 5) is 27.3. The molecule has 0 aliphatic heterocycles. The summed E-state index contributed by atoms with van der Waals surface area (Å²) in [6, 6.07) is 0. The fourth-order valence-corrected chi connectivity index (χ4v) is 2.73. The molecule has 1 amide bonds. The van der Waals surface area contributed by atoms with Crippen LogP contribution < -0.4 is 5.32 Å². The lowest BCUT2D eigenvalue weighted by atomic mass is 10.4. The Balaban J connectivity index is 1.72. The molecule has 3 rings (SSSR count). The van der Waals surface area contributed by atoms with Crippen LogP contribution in [0, 0.1) is 0 Å². The molecule has 3 aromatic rings. The molecule has 0 aliphatic carbocycles. The van der Waals surface area contributed by atoms with Gasteiger partial charge in [0.05, 0.1) is 11.6 Å². The number of amides is 1. The van der Waals surface area contributed by atoms with Crippen LogP contribution in [0.5, 0.6) is 0 Å². The van der Waals surface area contributed by atoms with Crippen LogP contribution in [0.3, 0.4) is 0 Å². The Hall–Kier alpha value is -2.49. The Morgan fingerprint density at radius 1 is 1.45 bits per heavy atom. The molecule has 0 aliphatic rings. The largest absolute Gasteiger partial charge is 0.340 e. The molecule has 2 N–H and O–H groups in total. The van der Waals surface area contributed by atoms with Crippen molar-refractivity contribution in [2.75, 3.05) is 5.32 Å². The predicted molar refractivity (Wildman–Crippen MR) is 81.3 cm³/mol. The van der Waals surface area contributed by atoms with Crippen LogP contribution >= 0.6 is 11.8 Å². The second kappa shape index (κ2) is 6.10. The van der Waals surface area contributed by atoms with Crippen molar-refractivity contribution in [2.45, 2.75) is 30.8 Å². The minimum absolute atomic E-state index is 0.176. The van der Waals surface area contributed by atoms with E-state index in [0.29, 0.717) is 22.1 Å². The van der Waals surface area contributed by atoms with Gasteiger partial charge in [0.1, 0.15) is 18.2 Å². The van der Waals surface area contributed by atoms with E-state index in [4.69, 9.17) is 0 Å². The van der Waals surface area contributed by atoms with Gasteiger partial charge in [0.2, 0.25) is 5.91 Å². The summed E-state index contributed by atoms with van der Waals surface area (Å²) in [6.45, 7) is 4.55. The van der Waals surface area contributed by atoms with E-state index in [-0.39, 0.29) is 11.2 Å². The fourth-order valence-electron chi connectivity index (χ4n) is 1.84. The molecule has 3 heterocycles. The number of thioether (sulfide) groups is 1. The van der Waals surface area contributed by atoms with Gasteiger partial charge in [0.25, 0.3) is 0 Å². The zero-order valence-electron chi connectivity index (χ0n) is 12.0. The van der Waals surface area contributed by atoms with Gasteiger partial charge in [0, 0.05) is 6.54 Å². The summed E-state index contributed by atoms with van der Waals surface area (Å²) < 4.78 is 1.88. The highest BCUT2D eigenvalue weighted by Crippen LogP contribution is 2.22. The van der Waals surface area contributed by atoms with Gasteiger partial charge in [-0.3, -0.25) is 4.79 Å². The number of hydrogen-bond donors (Lipinski definition) is 2. The SMILES string of the molecule is CCn1cnnc1SC(C)C(=O)Nc1ncnc2nc[nH]c12. The molecular weight excluding hydrogens is 304 g/mol. The van der Waals surface area contributed by atoms with Gasteiger partial charge < -0.3 is 14.9 Å². The Kier molecular flexibility index (Phi) is 4.00. The van der Waals surface area contributed by atoms with Crippen molar-refractivity contribution in [1.82, 2.24) is 34.7 Å². The Labute approximate surface area is 130 Å². The molecule has 0 saturated carbocycles. The van der Waals surface area contributed by atoms with E-state index in [1.807, 2.05) is 11.5 Å². The molecule has 114 valence electrons. The topological polar surface area (TPSA) is 114 Å². The number of fused-ring (bicyclic) bond motifs is 1. The quantitative estimate of drug-likeness (QED) is 0.676. The first-order valence-electron chi connectivity index (χ1n) is 6.68. The highest BCUT2D eigenvalue weighted by atomic mass is 32.2. The Morgan fingerprint density at radius 3 is 3.14 bits per heavy atom. The Morgan fingerprint density at radius 2 is 2.32 bits per heavy atom. The fraction of sp³-hybridized carbons (Fsp3) is 0.333.